The zero-order chi connectivity index (χ0) is 0. The molecule has 0 aliphatic heterocycles. The van der Waals surface area contributed by atoms with E-state index in [1.807, 2.05) is 0 Å². The second-order valence-electron chi connectivity index (χ2n) is 0. The van der Waals surface area contributed by atoms with Crippen LogP contribution in [-0.4, -0.2) is 0 Å². The minimum Gasteiger partial charge on any atom is -1.00 e. The van der Waals surface area contributed by atoms with E-state index in [2.05, 4.69) is 0 Å². The second-order valence-corrected chi connectivity index (χ2v) is 0. The third-order valence-electron chi connectivity index (χ3n) is 0. The molecule has 0 aliphatic carbocycles. The van der Waals surface area contributed by atoms with Crippen LogP contribution in [0.5, 0.6) is 0 Å². The van der Waals surface area contributed by atoms with Crippen LogP contribution in [0.1, 0.15) is 0 Å². The van der Waals surface area contributed by atoms with Crippen LogP contribution in [-0.2, 0) is 19.5 Å². The van der Waals surface area contributed by atoms with Crippen molar-refractivity contribution < 1.29 is 97.4 Å². The van der Waals surface area contributed by atoms with Crippen LogP contribution in [0.2, 0.25) is 0 Å². The molecule has 0 unspecified atom stereocenters. The third kappa shape index (κ3) is 61.1. The SMILES string of the molecule is [F-].[F-].[F-].[F-].[Na+].[Na+].[Zn+2]. The summed E-state index contributed by atoms with van der Waals surface area (Å²) in [6.07, 6.45) is 0. The van der Waals surface area contributed by atoms with E-state index >= 15 is 0 Å². The Bertz CT molecular complexity index is 9.65. The summed E-state index contributed by atoms with van der Waals surface area (Å²) in [6, 6.07) is 0. The molecule has 0 heterocycles. The first-order valence-electron chi connectivity index (χ1n) is 0. The van der Waals surface area contributed by atoms with Gasteiger partial charge in [-0.15, -0.1) is 0 Å². The monoisotopic (exact) mass is 186 g/mol. The fourth-order valence-corrected chi connectivity index (χ4v) is 0. The number of rotatable bonds is 0. The molecule has 0 saturated carbocycles. The van der Waals surface area contributed by atoms with Gasteiger partial charge in [0.05, 0.1) is 0 Å². The number of hydrogen-bond acceptors (Lipinski definition) is 0. The first-order valence-corrected chi connectivity index (χ1v) is 0. The van der Waals surface area contributed by atoms with Crippen LogP contribution in [0.25, 0.3) is 0 Å². The molecule has 0 atom stereocenters. The molecule has 7 heavy (non-hydrogen) atoms. The first kappa shape index (κ1) is 118. The molecule has 0 saturated heterocycles. The van der Waals surface area contributed by atoms with Crippen LogP contribution >= 0.6 is 0 Å². The van der Waals surface area contributed by atoms with Crippen molar-refractivity contribution in [3.63, 3.8) is 0 Å². The molecule has 0 rings (SSSR count). The molecule has 0 bridgehead atoms. The molecule has 0 aromatic heterocycles. The Kier molecular flexibility index (Phi) is 1390. The molecule has 0 spiro atoms. The fraction of sp³-hybridized carbons (Fsp3) is 0. The quantitative estimate of drug-likeness (QED) is 0.261. The Morgan fingerprint density at radius 3 is 0.429 bits per heavy atom. The van der Waals surface area contributed by atoms with Gasteiger partial charge in [0.2, 0.25) is 0 Å². The van der Waals surface area contributed by atoms with Gasteiger partial charge in [-0.1, -0.05) is 0 Å². The zero-order valence-corrected chi connectivity index (χ0v) is 11.2. The molecular formula is F4Na2Zn. The number of hydrogen-bond donors (Lipinski definition) is 0. The van der Waals surface area contributed by atoms with E-state index < -0.39 is 0 Å². The molecule has 0 N–H and O–H groups in total. The van der Waals surface area contributed by atoms with Gasteiger partial charge in [-0.3, -0.25) is 0 Å². The summed E-state index contributed by atoms with van der Waals surface area (Å²) in [7, 11) is 0. The average molecular weight is 187 g/mol. The second kappa shape index (κ2) is 81.9. The van der Waals surface area contributed by atoms with E-state index in [0.29, 0.717) is 0 Å². The molecule has 0 aromatic rings. The van der Waals surface area contributed by atoms with Gasteiger partial charge in [0.25, 0.3) is 0 Å². The average Bonchev–Trinajstić information content (AvgIpc) is 0. The minimum atomic E-state index is 0. The Balaban J connectivity index is 0. The van der Waals surface area contributed by atoms with Gasteiger partial charge in [0.1, 0.15) is 0 Å². The van der Waals surface area contributed by atoms with E-state index in [1.54, 1.807) is 0 Å². The summed E-state index contributed by atoms with van der Waals surface area (Å²) in [6.45, 7) is 0. The van der Waals surface area contributed by atoms with E-state index in [9.17, 15) is 0 Å². The minimum absolute atomic E-state index is 0. The predicted molar refractivity (Wildman–Crippen MR) is 0 cm³/mol. The molecule has 0 aromatic carbocycles. The van der Waals surface area contributed by atoms with Crippen LogP contribution < -0.4 is 77.9 Å². The first-order chi connectivity index (χ1) is 0. The van der Waals surface area contributed by atoms with Gasteiger partial charge in [-0.05, 0) is 0 Å². The summed E-state index contributed by atoms with van der Waals surface area (Å²) in [5.41, 5.74) is 0. The van der Waals surface area contributed by atoms with E-state index in [0.717, 1.165) is 0 Å². The maximum Gasteiger partial charge on any atom is 2.00 e. The molecule has 32 valence electrons. The number of halogens is 4. The molecule has 0 amide bonds. The summed E-state index contributed by atoms with van der Waals surface area (Å²) >= 11 is 0. The summed E-state index contributed by atoms with van der Waals surface area (Å²) < 4.78 is 0. The Labute approximate surface area is 96.0 Å². The van der Waals surface area contributed by atoms with Crippen LogP contribution in [0, 0.1) is 0 Å². The van der Waals surface area contributed by atoms with Crippen molar-refractivity contribution in [2.45, 2.75) is 0 Å². The molecule has 0 nitrogen and oxygen atoms in total. The summed E-state index contributed by atoms with van der Waals surface area (Å²) in [5, 5.41) is 0. The maximum absolute atomic E-state index is 0. The molecule has 0 aliphatic rings. The van der Waals surface area contributed by atoms with Crippen molar-refractivity contribution in [1.82, 2.24) is 0 Å². The van der Waals surface area contributed by atoms with Gasteiger partial charge in [0, 0.05) is 0 Å². The van der Waals surface area contributed by atoms with Gasteiger partial charge >= 0.3 is 78.6 Å². The zero-order valence-electron chi connectivity index (χ0n) is 4.22. The van der Waals surface area contributed by atoms with E-state index in [1.165, 1.54) is 0 Å². The van der Waals surface area contributed by atoms with Crippen molar-refractivity contribution in [2.75, 3.05) is 0 Å². The topological polar surface area (TPSA) is 0 Å². The smallest absolute Gasteiger partial charge is 1.00 e. The maximum atomic E-state index is 0. The van der Waals surface area contributed by atoms with E-state index in [4.69, 9.17) is 0 Å². The van der Waals surface area contributed by atoms with Gasteiger partial charge < -0.3 is 18.8 Å². The molecule has 0 radical (unpaired) electrons. The third-order valence-corrected chi connectivity index (χ3v) is 0. The van der Waals surface area contributed by atoms with Crippen LogP contribution in [0.3, 0.4) is 0 Å². The predicted octanol–water partition coefficient (Wildman–Crippen LogP) is -18.0. The molecular weight excluding hydrogens is 187 g/mol. The van der Waals surface area contributed by atoms with Gasteiger partial charge in [0.15, 0.2) is 0 Å². The van der Waals surface area contributed by atoms with E-state index in [-0.39, 0.29) is 97.4 Å². The Morgan fingerprint density at radius 2 is 0.429 bits per heavy atom. The normalized spacial score (nSPS) is 0. The van der Waals surface area contributed by atoms with Gasteiger partial charge in [-0.25, -0.2) is 0 Å². The molecule has 0 fully saturated rings. The van der Waals surface area contributed by atoms with Crippen molar-refractivity contribution in [2.24, 2.45) is 0 Å². The van der Waals surface area contributed by atoms with Crippen molar-refractivity contribution in [1.29, 1.82) is 0 Å². The van der Waals surface area contributed by atoms with Crippen molar-refractivity contribution in [3.05, 3.63) is 0 Å². The fourth-order valence-electron chi connectivity index (χ4n) is 0. The molecule has 7 heteroatoms. The van der Waals surface area contributed by atoms with Crippen molar-refractivity contribution in [3.8, 4) is 0 Å². The Morgan fingerprint density at radius 1 is 0.429 bits per heavy atom. The van der Waals surface area contributed by atoms with Crippen molar-refractivity contribution >= 4 is 0 Å². The standard InChI is InChI=1S/4FH.2Na.Zn/h4*1H;;;/q;;;;2*+1;+2/p-4. The van der Waals surface area contributed by atoms with Crippen LogP contribution in [0.4, 0.5) is 0 Å². The largest absolute Gasteiger partial charge is 2.00 e. The van der Waals surface area contributed by atoms with Crippen LogP contribution in [0.15, 0.2) is 0 Å². The summed E-state index contributed by atoms with van der Waals surface area (Å²) in [5.74, 6) is 0. The Hall–Kier alpha value is 2.34. The van der Waals surface area contributed by atoms with Gasteiger partial charge in [-0.2, -0.15) is 0 Å². The summed E-state index contributed by atoms with van der Waals surface area (Å²) in [4.78, 5) is 0.